The van der Waals surface area contributed by atoms with Crippen molar-refractivity contribution in [2.75, 3.05) is 18.0 Å². The minimum atomic E-state index is -0.499. The van der Waals surface area contributed by atoms with E-state index >= 15 is 0 Å². The second-order valence-corrected chi connectivity index (χ2v) is 7.41. The van der Waals surface area contributed by atoms with Crippen LogP contribution in [-0.4, -0.2) is 38.7 Å². The van der Waals surface area contributed by atoms with E-state index in [0.717, 1.165) is 41.9 Å². The number of carbonyl (C=O) groups excluding carboxylic acids is 1. The van der Waals surface area contributed by atoms with Crippen molar-refractivity contribution in [2.24, 2.45) is 5.73 Å². The second-order valence-electron chi connectivity index (χ2n) is 6.50. The van der Waals surface area contributed by atoms with Gasteiger partial charge in [0.05, 0.1) is 5.69 Å². The number of amides is 1. The standard InChI is InChI=1S/C16H19BrN6O/c17-11-6-13(14(15(18)24)19-7-11)22-5-1-2-10(8-22)16-21-20-9-23(16)12-3-4-12/h6-7,9-10,12H,1-5,8H2,(H2,18,24). The van der Waals surface area contributed by atoms with Gasteiger partial charge in [0.25, 0.3) is 5.91 Å². The Hall–Kier alpha value is -1.96. The molecule has 1 aliphatic carbocycles. The summed E-state index contributed by atoms with van der Waals surface area (Å²) in [5.41, 5.74) is 6.62. The van der Waals surface area contributed by atoms with Crippen LogP contribution < -0.4 is 10.6 Å². The molecule has 1 unspecified atom stereocenters. The molecule has 0 aromatic carbocycles. The van der Waals surface area contributed by atoms with Gasteiger partial charge in [-0.05, 0) is 47.7 Å². The lowest BCUT2D eigenvalue weighted by molar-refractivity contribution is 0.0996. The van der Waals surface area contributed by atoms with Crippen molar-refractivity contribution in [2.45, 2.75) is 37.6 Å². The van der Waals surface area contributed by atoms with Crippen LogP contribution in [0.4, 0.5) is 5.69 Å². The van der Waals surface area contributed by atoms with Gasteiger partial charge in [0.2, 0.25) is 0 Å². The first-order chi connectivity index (χ1) is 11.6. The van der Waals surface area contributed by atoms with E-state index < -0.39 is 5.91 Å². The molecular formula is C16H19BrN6O. The predicted molar refractivity (Wildman–Crippen MR) is 92.9 cm³/mol. The molecule has 4 rings (SSSR count). The van der Waals surface area contributed by atoms with Gasteiger partial charge in [-0.3, -0.25) is 4.79 Å². The zero-order valence-corrected chi connectivity index (χ0v) is 14.8. The summed E-state index contributed by atoms with van der Waals surface area (Å²) >= 11 is 3.44. The number of pyridine rings is 1. The molecule has 0 radical (unpaired) electrons. The largest absolute Gasteiger partial charge is 0.369 e. The third-order valence-corrected chi connectivity index (χ3v) is 5.17. The Morgan fingerprint density at radius 3 is 2.92 bits per heavy atom. The summed E-state index contributed by atoms with van der Waals surface area (Å²) in [5.74, 6) is 0.869. The number of hydrogen-bond donors (Lipinski definition) is 1. The molecule has 8 heteroatoms. The third-order valence-electron chi connectivity index (χ3n) is 4.74. The summed E-state index contributed by atoms with van der Waals surface area (Å²) in [6.45, 7) is 1.68. The highest BCUT2D eigenvalue weighted by atomic mass is 79.9. The van der Waals surface area contributed by atoms with Crippen molar-refractivity contribution in [3.63, 3.8) is 0 Å². The predicted octanol–water partition coefficient (Wildman–Crippen LogP) is 2.25. The van der Waals surface area contributed by atoms with Gasteiger partial charge in [-0.2, -0.15) is 0 Å². The zero-order valence-electron chi connectivity index (χ0n) is 13.2. The summed E-state index contributed by atoms with van der Waals surface area (Å²) in [6.07, 6.45) is 7.99. The molecule has 1 atom stereocenters. The average Bonchev–Trinajstić information content (AvgIpc) is 3.31. The van der Waals surface area contributed by atoms with Crippen LogP contribution in [0.25, 0.3) is 0 Å². The van der Waals surface area contributed by atoms with Crippen LogP contribution >= 0.6 is 15.9 Å². The number of piperidine rings is 1. The average molecular weight is 391 g/mol. The molecule has 7 nitrogen and oxygen atoms in total. The van der Waals surface area contributed by atoms with Crippen LogP contribution in [0.3, 0.4) is 0 Å². The number of primary amides is 1. The smallest absolute Gasteiger partial charge is 0.269 e. The molecule has 0 bridgehead atoms. The Morgan fingerprint density at radius 1 is 1.33 bits per heavy atom. The van der Waals surface area contributed by atoms with Gasteiger partial charge in [0, 0.05) is 35.7 Å². The highest BCUT2D eigenvalue weighted by molar-refractivity contribution is 9.10. The lowest BCUT2D eigenvalue weighted by Crippen LogP contribution is -2.37. The highest BCUT2D eigenvalue weighted by Crippen LogP contribution is 2.38. The molecule has 0 spiro atoms. The number of anilines is 1. The summed E-state index contributed by atoms with van der Waals surface area (Å²) < 4.78 is 3.06. The molecular weight excluding hydrogens is 372 g/mol. The van der Waals surface area contributed by atoms with E-state index in [-0.39, 0.29) is 0 Å². The quantitative estimate of drug-likeness (QED) is 0.864. The van der Waals surface area contributed by atoms with Gasteiger partial charge < -0.3 is 15.2 Å². The fourth-order valence-electron chi connectivity index (χ4n) is 3.44. The minimum Gasteiger partial charge on any atom is -0.369 e. The van der Waals surface area contributed by atoms with E-state index in [1.54, 1.807) is 6.20 Å². The molecule has 1 saturated carbocycles. The molecule has 2 aromatic heterocycles. The molecule has 1 saturated heterocycles. The Bertz CT molecular complexity index is 772. The van der Waals surface area contributed by atoms with Crippen molar-refractivity contribution in [3.8, 4) is 0 Å². The SMILES string of the molecule is NC(=O)c1ncc(Br)cc1N1CCCC(c2nncn2C2CC2)C1. The molecule has 24 heavy (non-hydrogen) atoms. The Balaban J connectivity index is 1.62. The van der Waals surface area contributed by atoms with E-state index in [9.17, 15) is 4.79 Å². The fourth-order valence-corrected chi connectivity index (χ4v) is 3.76. The van der Waals surface area contributed by atoms with E-state index in [1.165, 1.54) is 12.8 Å². The van der Waals surface area contributed by atoms with Gasteiger partial charge in [0.1, 0.15) is 12.2 Å². The zero-order chi connectivity index (χ0) is 16.7. The van der Waals surface area contributed by atoms with Gasteiger partial charge in [-0.25, -0.2) is 4.98 Å². The monoisotopic (exact) mass is 390 g/mol. The summed E-state index contributed by atoms with van der Waals surface area (Å²) in [7, 11) is 0. The summed E-state index contributed by atoms with van der Waals surface area (Å²) in [5, 5.41) is 8.49. The number of nitrogens with two attached hydrogens (primary N) is 1. The van der Waals surface area contributed by atoms with Crippen LogP contribution in [0, 0.1) is 0 Å². The minimum absolute atomic E-state index is 0.307. The van der Waals surface area contributed by atoms with E-state index in [2.05, 4.69) is 40.6 Å². The number of carbonyl (C=O) groups is 1. The van der Waals surface area contributed by atoms with E-state index in [4.69, 9.17) is 5.73 Å². The number of rotatable bonds is 4. The molecule has 2 aliphatic rings. The molecule has 2 aromatic rings. The maximum Gasteiger partial charge on any atom is 0.269 e. The Morgan fingerprint density at radius 2 is 2.17 bits per heavy atom. The first-order valence-electron chi connectivity index (χ1n) is 8.23. The van der Waals surface area contributed by atoms with Crippen molar-refractivity contribution in [3.05, 3.63) is 34.6 Å². The normalized spacial score (nSPS) is 21.0. The van der Waals surface area contributed by atoms with Crippen LogP contribution in [0.15, 0.2) is 23.1 Å². The van der Waals surface area contributed by atoms with Gasteiger partial charge in [-0.1, -0.05) is 0 Å². The lowest BCUT2D eigenvalue weighted by atomic mass is 9.96. The molecule has 2 N–H and O–H groups in total. The molecule has 1 amide bonds. The summed E-state index contributed by atoms with van der Waals surface area (Å²) in [6, 6.07) is 2.49. The molecule has 2 fully saturated rings. The number of hydrogen-bond acceptors (Lipinski definition) is 5. The number of halogens is 1. The van der Waals surface area contributed by atoms with Crippen molar-refractivity contribution in [1.29, 1.82) is 0 Å². The third kappa shape index (κ3) is 2.90. The van der Waals surface area contributed by atoms with Crippen molar-refractivity contribution >= 4 is 27.5 Å². The topological polar surface area (TPSA) is 89.9 Å². The molecule has 1 aliphatic heterocycles. The Kier molecular flexibility index (Phi) is 3.99. The van der Waals surface area contributed by atoms with Gasteiger partial charge in [-0.15, -0.1) is 10.2 Å². The molecule has 126 valence electrons. The highest BCUT2D eigenvalue weighted by Gasteiger charge is 2.32. The van der Waals surface area contributed by atoms with Crippen LogP contribution in [0.5, 0.6) is 0 Å². The van der Waals surface area contributed by atoms with Crippen LogP contribution in [-0.2, 0) is 0 Å². The number of aromatic nitrogens is 4. The maximum atomic E-state index is 11.7. The molecule has 3 heterocycles. The van der Waals surface area contributed by atoms with Crippen molar-refractivity contribution in [1.82, 2.24) is 19.7 Å². The maximum absolute atomic E-state index is 11.7. The first kappa shape index (κ1) is 15.6. The Labute approximate surface area is 148 Å². The van der Waals surface area contributed by atoms with E-state index in [1.807, 2.05) is 12.4 Å². The fraction of sp³-hybridized carbons (Fsp3) is 0.500. The second kappa shape index (κ2) is 6.16. The lowest BCUT2D eigenvalue weighted by Gasteiger charge is -2.34. The first-order valence-corrected chi connectivity index (χ1v) is 9.02. The van der Waals surface area contributed by atoms with Crippen molar-refractivity contribution < 1.29 is 4.79 Å². The van der Waals surface area contributed by atoms with Gasteiger partial charge in [0.15, 0.2) is 5.69 Å². The summed E-state index contributed by atoms with van der Waals surface area (Å²) in [4.78, 5) is 18.1. The van der Waals surface area contributed by atoms with Crippen LogP contribution in [0.2, 0.25) is 0 Å². The number of nitrogens with zero attached hydrogens (tertiary/aromatic N) is 5. The van der Waals surface area contributed by atoms with Crippen LogP contribution in [0.1, 0.15) is 54.0 Å². The van der Waals surface area contributed by atoms with Gasteiger partial charge >= 0.3 is 0 Å². The van der Waals surface area contributed by atoms with E-state index in [0.29, 0.717) is 17.7 Å².